The van der Waals surface area contributed by atoms with E-state index in [1.807, 2.05) is 30.3 Å². The predicted octanol–water partition coefficient (Wildman–Crippen LogP) is 0.798. The quantitative estimate of drug-likeness (QED) is 0.646. The van der Waals surface area contributed by atoms with Crippen LogP contribution in [0.5, 0.6) is 0 Å². The number of hydrogen-bond donors (Lipinski definition) is 3. The van der Waals surface area contributed by atoms with Crippen LogP contribution in [0.4, 0.5) is 4.79 Å². The maximum atomic E-state index is 13.4. The van der Waals surface area contributed by atoms with E-state index in [2.05, 4.69) is 16.0 Å². The van der Waals surface area contributed by atoms with Gasteiger partial charge in [-0.05, 0) is 50.3 Å². The first kappa shape index (κ1) is 18.0. The molecule has 4 rings (SSSR count). The number of nitrogens with one attached hydrogen (secondary N) is 3. The van der Waals surface area contributed by atoms with Gasteiger partial charge in [0.25, 0.3) is 5.91 Å². The molecule has 27 heavy (non-hydrogen) atoms. The monoisotopic (exact) mass is 370 g/mol. The van der Waals surface area contributed by atoms with Crippen LogP contribution in [0.1, 0.15) is 31.2 Å². The number of urea groups is 1. The molecule has 1 aromatic rings. The number of hydrogen-bond acceptors (Lipinski definition) is 4. The lowest BCUT2D eigenvalue weighted by molar-refractivity contribution is -0.136. The van der Waals surface area contributed by atoms with Gasteiger partial charge >= 0.3 is 6.03 Å². The minimum atomic E-state index is -0.972. The molecule has 7 nitrogen and oxygen atoms in total. The van der Waals surface area contributed by atoms with E-state index in [1.54, 1.807) is 0 Å². The third kappa shape index (κ3) is 3.69. The Morgan fingerprint density at radius 1 is 1.11 bits per heavy atom. The lowest BCUT2D eigenvalue weighted by Crippen LogP contribution is -2.57. The van der Waals surface area contributed by atoms with E-state index < -0.39 is 11.6 Å². The zero-order valence-corrected chi connectivity index (χ0v) is 15.4. The van der Waals surface area contributed by atoms with Crippen molar-refractivity contribution in [1.82, 2.24) is 20.9 Å². The number of piperidine rings is 1. The third-order valence-corrected chi connectivity index (χ3v) is 5.81. The highest BCUT2D eigenvalue weighted by Crippen LogP contribution is 2.35. The smallest absolute Gasteiger partial charge is 0.325 e. The lowest BCUT2D eigenvalue weighted by atomic mass is 9.74. The molecule has 1 saturated carbocycles. The van der Waals surface area contributed by atoms with Crippen LogP contribution < -0.4 is 16.0 Å². The van der Waals surface area contributed by atoms with Crippen molar-refractivity contribution in [3.8, 4) is 0 Å². The van der Waals surface area contributed by atoms with Crippen LogP contribution >= 0.6 is 0 Å². The van der Waals surface area contributed by atoms with Gasteiger partial charge in [0.15, 0.2) is 0 Å². The summed E-state index contributed by atoms with van der Waals surface area (Å²) in [4.78, 5) is 39.4. The van der Waals surface area contributed by atoms with Crippen molar-refractivity contribution in [2.45, 2.75) is 43.7 Å². The predicted molar refractivity (Wildman–Crippen MR) is 99.9 cm³/mol. The molecule has 2 saturated heterocycles. The summed E-state index contributed by atoms with van der Waals surface area (Å²) in [5.74, 6) is -0.483. The van der Waals surface area contributed by atoms with Crippen molar-refractivity contribution in [1.29, 1.82) is 0 Å². The first-order chi connectivity index (χ1) is 13.1. The van der Waals surface area contributed by atoms with Crippen LogP contribution in [0.2, 0.25) is 0 Å². The molecule has 0 unspecified atom stereocenters. The second-order valence-electron chi connectivity index (χ2n) is 7.82. The van der Waals surface area contributed by atoms with Gasteiger partial charge in [0.1, 0.15) is 12.1 Å². The second kappa shape index (κ2) is 7.31. The molecule has 3 aliphatic rings. The molecule has 0 radical (unpaired) electrons. The summed E-state index contributed by atoms with van der Waals surface area (Å²) in [7, 11) is 0. The van der Waals surface area contributed by atoms with Gasteiger partial charge in [-0.1, -0.05) is 30.3 Å². The Balaban J connectivity index is 1.58. The molecule has 0 spiro atoms. The van der Waals surface area contributed by atoms with Gasteiger partial charge in [0.05, 0.1) is 0 Å². The molecule has 144 valence electrons. The summed E-state index contributed by atoms with van der Waals surface area (Å²) in [6.07, 6.45) is 4.03. The Kier molecular flexibility index (Phi) is 4.86. The van der Waals surface area contributed by atoms with Crippen molar-refractivity contribution in [3.63, 3.8) is 0 Å². The summed E-state index contributed by atoms with van der Waals surface area (Å²) in [6.45, 7) is 1.45. The maximum absolute atomic E-state index is 13.4. The van der Waals surface area contributed by atoms with Crippen LogP contribution in [0.3, 0.4) is 0 Å². The standard InChI is InChI=1S/C20H26N4O3/c25-17(22-16-6-7-16)13-24-18(26)20(23-19(24)27,15-8-10-21-11-9-15)12-14-4-2-1-3-5-14/h1-5,15-16,21H,6-13H2,(H,22,25)(H,23,27)/t20-/m1/s1. The van der Waals surface area contributed by atoms with Crippen molar-refractivity contribution < 1.29 is 14.4 Å². The fourth-order valence-corrected chi connectivity index (χ4v) is 4.21. The molecule has 2 aliphatic heterocycles. The molecule has 3 fully saturated rings. The Morgan fingerprint density at radius 3 is 2.48 bits per heavy atom. The van der Waals surface area contributed by atoms with E-state index in [-0.39, 0.29) is 30.3 Å². The highest BCUT2D eigenvalue weighted by molar-refractivity contribution is 6.09. The van der Waals surface area contributed by atoms with E-state index in [0.29, 0.717) is 6.42 Å². The van der Waals surface area contributed by atoms with Crippen molar-refractivity contribution in [2.75, 3.05) is 19.6 Å². The topological polar surface area (TPSA) is 90.5 Å². The Morgan fingerprint density at radius 2 is 1.81 bits per heavy atom. The second-order valence-corrected chi connectivity index (χ2v) is 7.82. The van der Waals surface area contributed by atoms with Crippen LogP contribution in [-0.2, 0) is 16.0 Å². The van der Waals surface area contributed by atoms with Gasteiger partial charge in [-0.15, -0.1) is 0 Å². The summed E-state index contributed by atoms with van der Waals surface area (Å²) < 4.78 is 0. The van der Waals surface area contributed by atoms with Crippen LogP contribution in [0, 0.1) is 5.92 Å². The summed E-state index contributed by atoms with van der Waals surface area (Å²) in [6, 6.07) is 9.51. The Bertz CT molecular complexity index is 728. The normalized spacial score (nSPS) is 26.1. The number of nitrogens with zero attached hydrogens (tertiary/aromatic N) is 1. The fourth-order valence-electron chi connectivity index (χ4n) is 4.21. The highest BCUT2D eigenvalue weighted by atomic mass is 16.2. The molecule has 7 heteroatoms. The van der Waals surface area contributed by atoms with Gasteiger partial charge in [0, 0.05) is 12.5 Å². The minimum absolute atomic E-state index is 0.0481. The van der Waals surface area contributed by atoms with Gasteiger partial charge < -0.3 is 16.0 Å². The van der Waals surface area contributed by atoms with Crippen LogP contribution in [-0.4, -0.2) is 54.0 Å². The van der Waals surface area contributed by atoms with E-state index in [9.17, 15) is 14.4 Å². The highest BCUT2D eigenvalue weighted by Gasteiger charge is 2.55. The number of carbonyl (C=O) groups is 3. The molecule has 1 aromatic carbocycles. The molecule has 1 aliphatic carbocycles. The molecule has 1 atom stereocenters. The first-order valence-electron chi connectivity index (χ1n) is 9.76. The number of imide groups is 1. The zero-order chi connectivity index (χ0) is 18.9. The summed E-state index contributed by atoms with van der Waals surface area (Å²) >= 11 is 0. The third-order valence-electron chi connectivity index (χ3n) is 5.81. The van der Waals surface area contributed by atoms with Crippen molar-refractivity contribution >= 4 is 17.8 Å². The van der Waals surface area contributed by atoms with E-state index >= 15 is 0 Å². The average molecular weight is 370 g/mol. The Labute approximate surface area is 158 Å². The van der Waals surface area contributed by atoms with Crippen molar-refractivity contribution in [3.05, 3.63) is 35.9 Å². The van der Waals surface area contributed by atoms with Crippen LogP contribution in [0.25, 0.3) is 0 Å². The summed E-state index contributed by atoms with van der Waals surface area (Å²) in [5.41, 5.74) is 0.0365. The lowest BCUT2D eigenvalue weighted by Gasteiger charge is -2.38. The zero-order valence-electron chi connectivity index (χ0n) is 15.4. The summed E-state index contributed by atoms with van der Waals surface area (Å²) in [5, 5.41) is 9.16. The van der Waals surface area contributed by atoms with Crippen molar-refractivity contribution in [2.24, 2.45) is 5.92 Å². The Hall–Kier alpha value is -2.41. The average Bonchev–Trinajstić information content (AvgIpc) is 3.46. The van der Waals surface area contributed by atoms with E-state index in [0.717, 1.165) is 49.2 Å². The van der Waals surface area contributed by atoms with Gasteiger partial charge in [0.2, 0.25) is 5.91 Å². The van der Waals surface area contributed by atoms with E-state index in [1.165, 1.54) is 0 Å². The minimum Gasteiger partial charge on any atom is -0.352 e. The van der Waals surface area contributed by atoms with Gasteiger partial charge in [-0.2, -0.15) is 0 Å². The molecule has 0 bridgehead atoms. The molecule has 4 amide bonds. The molecule has 2 heterocycles. The number of rotatable bonds is 6. The first-order valence-corrected chi connectivity index (χ1v) is 9.76. The van der Waals surface area contributed by atoms with Gasteiger partial charge in [-0.25, -0.2) is 4.79 Å². The molecular weight excluding hydrogens is 344 g/mol. The maximum Gasteiger partial charge on any atom is 0.325 e. The molecular formula is C20H26N4O3. The van der Waals surface area contributed by atoms with E-state index in [4.69, 9.17) is 0 Å². The number of amides is 4. The number of benzene rings is 1. The fraction of sp³-hybridized carbons (Fsp3) is 0.550. The van der Waals surface area contributed by atoms with Crippen LogP contribution in [0.15, 0.2) is 30.3 Å². The molecule has 3 N–H and O–H groups in total. The van der Waals surface area contributed by atoms with Gasteiger partial charge in [-0.3, -0.25) is 14.5 Å². The SMILES string of the molecule is O=C(CN1C(=O)N[C@](Cc2ccccc2)(C2CCNCC2)C1=O)NC1CC1. The largest absolute Gasteiger partial charge is 0.352 e. The number of carbonyl (C=O) groups excluding carboxylic acids is 3. The molecule has 0 aromatic heterocycles.